The highest BCUT2D eigenvalue weighted by Gasteiger charge is 2.56. The number of benzene rings is 1. The molecule has 1 saturated heterocycles. The first-order valence-electron chi connectivity index (χ1n) is 6.73. The molecule has 2 amide bonds. The van der Waals surface area contributed by atoms with Crippen LogP contribution in [0.3, 0.4) is 0 Å². The average molecular weight is 341 g/mol. The van der Waals surface area contributed by atoms with Gasteiger partial charge in [0.1, 0.15) is 12.0 Å². The van der Waals surface area contributed by atoms with Crippen molar-refractivity contribution in [3.05, 3.63) is 29.8 Å². The van der Waals surface area contributed by atoms with E-state index in [1.165, 1.54) is 6.07 Å². The van der Waals surface area contributed by atoms with Crippen LogP contribution in [0.15, 0.2) is 29.4 Å². The fourth-order valence-corrected chi connectivity index (χ4v) is 2.71. The molecule has 126 valence electrons. The van der Waals surface area contributed by atoms with Crippen molar-refractivity contribution >= 4 is 29.2 Å². The molecule has 1 fully saturated rings. The zero-order chi connectivity index (χ0) is 17.6. The average Bonchev–Trinajstić information content (AvgIpc) is 3.07. The zero-order valence-electron chi connectivity index (χ0n) is 12.1. The molecule has 7 nitrogen and oxygen atoms in total. The molecule has 0 unspecified atom stereocenters. The molecule has 0 spiro atoms. The Morgan fingerprint density at radius 1 is 1.25 bits per heavy atom. The summed E-state index contributed by atoms with van der Waals surface area (Å²) in [7, 11) is 1.07. The minimum atomic E-state index is -4.75. The van der Waals surface area contributed by atoms with Crippen LogP contribution in [0.4, 0.5) is 18.9 Å². The number of anilines is 1. The number of hydrogen-bond donors (Lipinski definition) is 1. The number of amides is 2. The van der Waals surface area contributed by atoms with Crippen molar-refractivity contribution in [1.29, 1.82) is 0 Å². The van der Waals surface area contributed by atoms with Gasteiger partial charge in [-0.15, -0.1) is 0 Å². The Labute approximate surface area is 133 Å². The Balaban J connectivity index is 2.04. The Hall–Kier alpha value is -2.91. The van der Waals surface area contributed by atoms with E-state index >= 15 is 0 Å². The van der Waals surface area contributed by atoms with Gasteiger partial charge in [0, 0.05) is 0 Å². The number of carbonyl (C=O) groups excluding carboxylic acids is 3. The van der Waals surface area contributed by atoms with E-state index in [1.807, 2.05) is 0 Å². The van der Waals surface area contributed by atoms with Crippen LogP contribution in [0.1, 0.15) is 5.56 Å². The summed E-state index contributed by atoms with van der Waals surface area (Å²) in [6, 6.07) is 2.99. The van der Waals surface area contributed by atoms with Gasteiger partial charge in [-0.05, 0) is 12.1 Å². The third-order valence-electron chi connectivity index (χ3n) is 3.77. The number of nitrogens with one attached hydrogen (secondary N) is 1. The first-order chi connectivity index (χ1) is 11.3. The van der Waals surface area contributed by atoms with Crippen LogP contribution in [0.5, 0.6) is 0 Å². The topological polar surface area (TPSA) is 88.1 Å². The highest BCUT2D eigenvalue weighted by Crippen LogP contribution is 2.39. The molecule has 10 heteroatoms. The van der Waals surface area contributed by atoms with Crippen molar-refractivity contribution in [2.45, 2.75) is 12.2 Å². The molecule has 0 radical (unpaired) electrons. The number of nitrogens with zero attached hydrogens (tertiary/aromatic N) is 2. The lowest BCUT2D eigenvalue weighted by Crippen LogP contribution is -2.37. The van der Waals surface area contributed by atoms with Gasteiger partial charge in [0.2, 0.25) is 5.91 Å². The van der Waals surface area contributed by atoms with Crippen LogP contribution in [0, 0.1) is 5.92 Å². The molecule has 1 aromatic rings. The van der Waals surface area contributed by atoms with E-state index in [9.17, 15) is 27.6 Å². The van der Waals surface area contributed by atoms with E-state index in [4.69, 9.17) is 0 Å². The van der Waals surface area contributed by atoms with Gasteiger partial charge in [-0.25, -0.2) is 9.69 Å². The third-order valence-corrected chi connectivity index (χ3v) is 3.77. The Morgan fingerprint density at radius 2 is 1.92 bits per heavy atom. The molecule has 0 saturated carbocycles. The molecule has 24 heavy (non-hydrogen) atoms. The lowest BCUT2D eigenvalue weighted by atomic mass is 9.99. The summed E-state index contributed by atoms with van der Waals surface area (Å²) in [6.07, 6.45) is -4.75. The number of hydrazone groups is 1. The monoisotopic (exact) mass is 341 g/mol. The van der Waals surface area contributed by atoms with Gasteiger partial charge in [0.25, 0.3) is 5.91 Å². The molecular weight excluding hydrogens is 331 g/mol. The van der Waals surface area contributed by atoms with Gasteiger partial charge in [-0.2, -0.15) is 18.3 Å². The molecule has 1 aromatic carbocycles. The minimum absolute atomic E-state index is 0.340. The van der Waals surface area contributed by atoms with Crippen molar-refractivity contribution in [3.8, 4) is 0 Å². The number of imide groups is 1. The van der Waals surface area contributed by atoms with Crippen LogP contribution in [-0.4, -0.2) is 36.6 Å². The van der Waals surface area contributed by atoms with Gasteiger partial charge in [-0.3, -0.25) is 15.0 Å². The van der Waals surface area contributed by atoms with E-state index in [0.717, 1.165) is 25.3 Å². The Morgan fingerprint density at radius 3 is 2.54 bits per heavy atom. The van der Waals surface area contributed by atoms with Gasteiger partial charge >= 0.3 is 12.1 Å². The van der Waals surface area contributed by atoms with E-state index in [0.29, 0.717) is 4.90 Å². The summed E-state index contributed by atoms with van der Waals surface area (Å²) in [5, 5.41) is 3.59. The fraction of sp³-hybridized carbons (Fsp3) is 0.286. The molecule has 2 aliphatic rings. The normalized spacial score (nSPS) is 23.0. The van der Waals surface area contributed by atoms with Crippen molar-refractivity contribution < 1.29 is 32.3 Å². The first kappa shape index (κ1) is 16.0. The van der Waals surface area contributed by atoms with E-state index < -0.39 is 47.2 Å². The number of methoxy groups -OCH3 is 1. The third kappa shape index (κ3) is 2.22. The Kier molecular flexibility index (Phi) is 3.54. The fourth-order valence-electron chi connectivity index (χ4n) is 2.71. The molecule has 0 aromatic heterocycles. The SMILES string of the molecule is COC(=O)C1=NN[C@@H]2C(=O)N(c3ccccc3C(F)(F)F)C(=O)[C@H]12. The zero-order valence-corrected chi connectivity index (χ0v) is 12.1. The van der Waals surface area contributed by atoms with Gasteiger partial charge in [-0.1, -0.05) is 12.1 Å². The summed E-state index contributed by atoms with van der Waals surface area (Å²) >= 11 is 0. The van der Waals surface area contributed by atoms with Gasteiger partial charge < -0.3 is 4.74 Å². The van der Waals surface area contributed by atoms with Crippen LogP contribution in [-0.2, 0) is 25.3 Å². The second-order valence-corrected chi connectivity index (χ2v) is 5.10. The maximum absolute atomic E-state index is 13.1. The second-order valence-electron chi connectivity index (χ2n) is 5.10. The second kappa shape index (κ2) is 5.32. The van der Waals surface area contributed by atoms with Crippen molar-refractivity contribution in [2.75, 3.05) is 12.0 Å². The number of halogens is 3. The van der Waals surface area contributed by atoms with E-state index in [1.54, 1.807) is 0 Å². The number of hydrogen-bond acceptors (Lipinski definition) is 6. The van der Waals surface area contributed by atoms with E-state index in [2.05, 4.69) is 15.3 Å². The first-order valence-corrected chi connectivity index (χ1v) is 6.73. The largest absolute Gasteiger partial charge is 0.464 e. The van der Waals surface area contributed by atoms with Crippen LogP contribution in [0.25, 0.3) is 0 Å². The van der Waals surface area contributed by atoms with Crippen molar-refractivity contribution in [1.82, 2.24) is 5.43 Å². The molecule has 2 heterocycles. The number of rotatable bonds is 2. The van der Waals surface area contributed by atoms with Crippen LogP contribution in [0.2, 0.25) is 0 Å². The molecule has 0 aliphatic carbocycles. The molecule has 0 bridgehead atoms. The molecule has 3 rings (SSSR count). The quantitative estimate of drug-likeness (QED) is 0.632. The number of carbonyl (C=O) groups is 3. The summed E-state index contributed by atoms with van der Waals surface area (Å²) in [6.45, 7) is 0. The van der Waals surface area contributed by atoms with Gasteiger partial charge in [0.05, 0.1) is 18.4 Å². The summed E-state index contributed by atoms with van der Waals surface area (Å²) in [5.74, 6) is -4.12. The summed E-state index contributed by atoms with van der Waals surface area (Å²) in [4.78, 5) is 37.0. The minimum Gasteiger partial charge on any atom is -0.464 e. The summed E-state index contributed by atoms with van der Waals surface area (Å²) in [5.41, 5.74) is 0.271. The van der Waals surface area contributed by atoms with E-state index in [-0.39, 0.29) is 5.71 Å². The number of para-hydroxylation sites is 1. The number of ether oxygens (including phenoxy) is 1. The standard InChI is InChI=1S/C14H10F3N3O4/c1-24-13(23)10-8-9(18-19-10)12(22)20(11(8)21)7-5-3-2-4-6(7)14(15,16)17/h2-5,8-9,18H,1H3/t8-,9-/m0/s1. The molecule has 2 atom stereocenters. The highest BCUT2D eigenvalue weighted by molar-refractivity contribution is 6.46. The molecular formula is C14H10F3N3O4. The van der Waals surface area contributed by atoms with Gasteiger partial charge in [0.15, 0.2) is 5.71 Å². The predicted octanol–water partition coefficient (Wildman–Crippen LogP) is 0.696. The summed E-state index contributed by atoms with van der Waals surface area (Å²) < 4.78 is 43.9. The Bertz CT molecular complexity index is 775. The van der Waals surface area contributed by atoms with Crippen LogP contribution >= 0.6 is 0 Å². The molecule has 2 aliphatic heterocycles. The molecule has 1 N–H and O–H groups in total. The lowest BCUT2D eigenvalue weighted by Gasteiger charge is -2.20. The number of alkyl halides is 3. The smallest absolute Gasteiger partial charge is 0.418 e. The highest BCUT2D eigenvalue weighted by atomic mass is 19.4. The van der Waals surface area contributed by atoms with Crippen molar-refractivity contribution in [3.63, 3.8) is 0 Å². The predicted molar refractivity (Wildman–Crippen MR) is 73.8 cm³/mol. The number of fused-ring (bicyclic) bond motifs is 1. The maximum Gasteiger partial charge on any atom is 0.418 e. The van der Waals surface area contributed by atoms with Crippen LogP contribution < -0.4 is 10.3 Å². The lowest BCUT2D eigenvalue weighted by molar-refractivity contribution is -0.137. The maximum atomic E-state index is 13.1. The van der Waals surface area contributed by atoms with Crippen molar-refractivity contribution in [2.24, 2.45) is 11.0 Å². The number of esters is 1.